The third-order valence-corrected chi connectivity index (χ3v) is 6.08. The number of hydrogen-bond donors (Lipinski definition) is 0. The molecule has 0 N–H and O–H groups in total. The first-order valence-corrected chi connectivity index (χ1v) is 10.8. The summed E-state index contributed by atoms with van der Waals surface area (Å²) in [5, 5.41) is 6.02. The smallest absolute Gasteiger partial charge is 0.437 e. The third kappa shape index (κ3) is 4.26. The van der Waals surface area contributed by atoms with Gasteiger partial charge in [-0.15, -0.1) is 16.4 Å². The van der Waals surface area contributed by atoms with Gasteiger partial charge < -0.3 is 23.5 Å². The Bertz CT molecular complexity index is 1170. The largest absolute Gasteiger partial charge is 0.496 e. The highest BCUT2D eigenvalue weighted by Gasteiger charge is 2.24. The summed E-state index contributed by atoms with van der Waals surface area (Å²) in [5.41, 5.74) is 1.86. The topological polar surface area (TPSA) is 96.0 Å². The number of carbonyl (C=O) groups is 1. The molecule has 2 aromatic heterocycles. The van der Waals surface area contributed by atoms with Crippen molar-refractivity contribution in [3.05, 3.63) is 51.8 Å². The number of thiophene rings is 1. The molecule has 0 radical (unpaired) electrons. The Labute approximate surface area is 188 Å². The van der Waals surface area contributed by atoms with Gasteiger partial charge in [-0.3, -0.25) is 4.79 Å². The molecule has 0 aliphatic carbocycles. The van der Waals surface area contributed by atoms with Gasteiger partial charge in [0.15, 0.2) is 0 Å². The molecule has 0 unspecified atom stereocenters. The molecular weight excluding hydrogens is 434 g/mol. The highest BCUT2D eigenvalue weighted by atomic mass is 32.1. The minimum absolute atomic E-state index is 0.175. The molecule has 0 saturated carbocycles. The van der Waals surface area contributed by atoms with Gasteiger partial charge in [-0.1, -0.05) is 12.1 Å². The molecular formula is C22H23N3O6S. The fourth-order valence-corrected chi connectivity index (χ4v) is 4.22. The molecule has 3 aromatic rings. The summed E-state index contributed by atoms with van der Waals surface area (Å²) in [4.78, 5) is 27.3. The van der Waals surface area contributed by atoms with E-state index in [-0.39, 0.29) is 18.3 Å². The number of rotatable bonds is 7. The predicted octanol–water partition coefficient (Wildman–Crippen LogP) is 2.91. The number of methoxy groups -OCH3 is 3. The SMILES string of the molecule is COc1cc(OC)c(C2=CCN(C(=O)Cn3nc(-c4cccs4)oc3=O)CC2)c(OC)c1. The maximum absolute atomic E-state index is 12.8. The summed E-state index contributed by atoms with van der Waals surface area (Å²) >= 11 is 1.41. The van der Waals surface area contributed by atoms with E-state index in [0.29, 0.717) is 36.8 Å². The number of ether oxygens (including phenoxy) is 3. The van der Waals surface area contributed by atoms with E-state index in [0.717, 1.165) is 20.7 Å². The van der Waals surface area contributed by atoms with Gasteiger partial charge in [0.2, 0.25) is 5.91 Å². The molecule has 1 aliphatic rings. The van der Waals surface area contributed by atoms with Crippen LogP contribution >= 0.6 is 11.3 Å². The van der Waals surface area contributed by atoms with Gasteiger partial charge in [0, 0.05) is 25.2 Å². The maximum atomic E-state index is 12.8. The third-order valence-electron chi connectivity index (χ3n) is 5.22. The molecule has 0 spiro atoms. The van der Waals surface area contributed by atoms with Crippen molar-refractivity contribution in [3.8, 4) is 28.0 Å². The van der Waals surface area contributed by atoms with Crippen LogP contribution in [-0.4, -0.2) is 55.0 Å². The molecule has 32 heavy (non-hydrogen) atoms. The highest BCUT2D eigenvalue weighted by Crippen LogP contribution is 2.40. The highest BCUT2D eigenvalue weighted by molar-refractivity contribution is 7.13. The van der Waals surface area contributed by atoms with Gasteiger partial charge in [0.05, 0.1) is 31.8 Å². The summed E-state index contributed by atoms with van der Waals surface area (Å²) in [6, 6.07) is 7.26. The lowest BCUT2D eigenvalue weighted by Crippen LogP contribution is -2.38. The van der Waals surface area contributed by atoms with Crippen molar-refractivity contribution < 1.29 is 23.4 Å². The van der Waals surface area contributed by atoms with Crippen LogP contribution in [-0.2, 0) is 11.3 Å². The molecule has 3 heterocycles. The van der Waals surface area contributed by atoms with E-state index in [1.807, 2.05) is 17.5 Å². The quantitative estimate of drug-likeness (QED) is 0.538. The van der Waals surface area contributed by atoms with Crippen LogP contribution in [0.2, 0.25) is 0 Å². The Morgan fingerprint density at radius 1 is 1.19 bits per heavy atom. The van der Waals surface area contributed by atoms with E-state index in [1.165, 1.54) is 11.3 Å². The number of amides is 1. The predicted molar refractivity (Wildman–Crippen MR) is 119 cm³/mol. The standard InChI is InChI=1S/C22H23N3O6S/c1-28-15-11-16(29-2)20(17(12-15)30-3)14-6-8-24(9-7-14)19(26)13-25-22(27)31-21(23-25)18-5-4-10-32-18/h4-6,10-12H,7-9,13H2,1-3H3. The Morgan fingerprint density at radius 3 is 2.50 bits per heavy atom. The van der Waals surface area contributed by atoms with E-state index < -0.39 is 5.76 Å². The zero-order valence-electron chi connectivity index (χ0n) is 18.0. The van der Waals surface area contributed by atoms with Crippen LogP contribution in [0.4, 0.5) is 0 Å². The van der Waals surface area contributed by atoms with E-state index in [9.17, 15) is 9.59 Å². The molecule has 4 rings (SSSR count). The van der Waals surface area contributed by atoms with Crippen LogP contribution < -0.4 is 20.0 Å². The molecule has 0 atom stereocenters. The van der Waals surface area contributed by atoms with Crippen molar-refractivity contribution in [2.45, 2.75) is 13.0 Å². The van der Waals surface area contributed by atoms with Crippen LogP contribution in [0.15, 0.2) is 44.9 Å². The van der Waals surface area contributed by atoms with Gasteiger partial charge in [0.1, 0.15) is 23.8 Å². The molecule has 1 aliphatic heterocycles. The first-order chi connectivity index (χ1) is 15.5. The van der Waals surface area contributed by atoms with Crippen molar-refractivity contribution in [2.75, 3.05) is 34.4 Å². The molecule has 10 heteroatoms. The lowest BCUT2D eigenvalue weighted by Gasteiger charge is -2.27. The van der Waals surface area contributed by atoms with E-state index in [4.69, 9.17) is 18.6 Å². The molecule has 1 amide bonds. The van der Waals surface area contributed by atoms with Crippen LogP contribution in [0.3, 0.4) is 0 Å². The van der Waals surface area contributed by atoms with Gasteiger partial charge in [-0.05, 0) is 23.4 Å². The maximum Gasteiger partial charge on any atom is 0.437 e. The number of carbonyl (C=O) groups excluding carboxylic acids is 1. The van der Waals surface area contributed by atoms with Crippen LogP contribution in [0.25, 0.3) is 16.3 Å². The van der Waals surface area contributed by atoms with Crippen molar-refractivity contribution in [3.63, 3.8) is 0 Å². The first kappa shape index (κ1) is 21.7. The van der Waals surface area contributed by atoms with Crippen molar-refractivity contribution in [1.29, 1.82) is 0 Å². The fraction of sp³-hybridized carbons (Fsp3) is 0.318. The minimum atomic E-state index is -0.650. The molecule has 0 fully saturated rings. The molecule has 1 aromatic carbocycles. The average molecular weight is 458 g/mol. The average Bonchev–Trinajstić information content (AvgIpc) is 3.48. The number of aromatic nitrogens is 2. The monoisotopic (exact) mass is 457 g/mol. The first-order valence-electron chi connectivity index (χ1n) is 9.93. The number of hydrogen-bond acceptors (Lipinski definition) is 8. The minimum Gasteiger partial charge on any atom is -0.496 e. The van der Waals surface area contributed by atoms with E-state index >= 15 is 0 Å². The van der Waals surface area contributed by atoms with E-state index in [2.05, 4.69) is 5.10 Å². The normalized spacial score (nSPS) is 13.6. The molecule has 168 valence electrons. The number of benzene rings is 1. The van der Waals surface area contributed by atoms with Crippen LogP contribution in [0.1, 0.15) is 12.0 Å². The second-order valence-corrected chi connectivity index (χ2v) is 7.98. The summed E-state index contributed by atoms with van der Waals surface area (Å²) < 4.78 is 22.6. The van der Waals surface area contributed by atoms with Gasteiger partial charge in [0.25, 0.3) is 5.89 Å². The second-order valence-electron chi connectivity index (χ2n) is 7.03. The summed E-state index contributed by atoms with van der Waals surface area (Å²) in [6.07, 6.45) is 2.58. The van der Waals surface area contributed by atoms with Crippen molar-refractivity contribution in [2.24, 2.45) is 0 Å². The van der Waals surface area contributed by atoms with E-state index in [1.54, 1.807) is 44.4 Å². The summed E-state index contributed by atoms with van der Waals surface area (Å²) in [7, 11) is 4.77. The zero-order chi connectivity index (χ0) is 22.7. The second kappa shape index (κ2) is 9.31. The Balaban J connectivity index is 1.49. The van der Waals surface area contributed by atoms with Gasteiger partial charge in [-0.25, -0.2) is 4.79 Å². The van der Waals surface area contributed by atoms with Crippen LogP contribution in [0.5, 0.6) is 17.2 Å². The summed E-state index contributed by atoms with van der Waals surface area (Å²) in [6.45, 7) is 0.719. The van der Waals surface area contributed by atoms with Crippen molar-refractivity contribution in [1.82, 2.24) is 14.7 Å². The lowest BCUT2D eigenvalue weighted by molar-refractivity contribution is -0.131. The van der Waals surface area contributed by atoms with Gasteiger partial charge in [-0.2, -0.15) is 4.68 Å². The zero-order valence-corrected chi connectivity index (χ0v) is 18.8. The Kier molecular flexibility index (Phi) is 6.31. The van der Waals surface area contributed by atoms with Crippen LogP contribution in [0, 0.1) is 0 Å². The van der Waals surface area contributed by atoms with Crippen molar-refractivity contribution >= 4 is 22.8 Å². The molecule has 0 saturated heterocycles. The Hall–Kier alpha value is -3.53. The lowest BCUT2D eigenvalue weighted by atomic mass is 9.97. The molecule has 9 nitrogen and oxygen atoms in total. The summed E-state index contributed by atoms with van der Waals surface area (Å²) in [5.74, 6) is 1.28. The molecule has 0 bridgehead atoms. The Morgan fingerprint density at radius 2 is 1.94 bits per heavy atom. The van der Waals surface area contributed by atoms with Gasteiger partial charge >= 0.3 is 5.76 Å². The fourth-order valence-electron chi connectivity index (χ4n) is 3.58. The number of nitrogens with zero attached hydrogens (tertiary/aromatic N) is 3.